The van der Waals surface area contributed by atoms with Crippen LogP contribution >= 0.6 is 15.9 Å². The predicted molar refractivity (Wildman–Crippen MR) is 62.5 cm³/mol. The highest BCUT2D eigenvalue weighted by Gasteiger charge is 2.33. The van der Waals surface area contributed by atoms with Crippen LogP contribution in [0.15, 0.2) is 18.2 Å². The van der Waals surface area contributed by atoms with Crippen molar-refractivity contribution in [1.82, 2.24) is 0 Å². The molecule has 0 aliphatic heterocycles. The summed E-state index contributed by atoms with van der Waals surface area (Å²) in [6.45, 7) is 0. The van der Waals surface area contributed by atoms with Gasteiger partial charge in [-0.1, -0.05) is 15.9 Å². The number of non-ortho nitro benzene ring substituents is 1. The molecule has 104 valence electrons. The largest absolute Gasteiger partial charge is 0.573 e. The van der Waals surface area contributed by atoms with Crippen molar-refractivity contribution in [2.45, 2.75) is 12.8 Å². The summed E-state index contributed by atoms with van der Waals surface area (Å²) in [5.41, 5.74) is -0.946. The summed E-state index contributed by atoms with van der Waals surface area (Å²) in [7, 11) is 0. The fourth-order valence-electron chi connectivity index (χ4n) is 1.28. The number of ether oxygens (including phenoxy) is 1. The Labute approximate surface area is 113 Å². The number of nitro groups is 1. The first-order chi connectivity index (χ1) is 8.74. The van der Waals surface area contributed by atoms with Gasteiger partial charge in [0.1, 0.15) is 5.75 Å². The molecule has 0 spiro atoms. The number of ketones is 1. The molecule has 5 nitrogen and oxygen atoms in total. The molecule has 1 rings (SSSR count). The molecule has 0 saturated carbocycles. The van der Waals surface area contributed by atoms with Crippen LogP contribution < -0.4 is 4.74 Å². The number of benzene rings is 1. The summed E-state index contributed by atoms with van der Waals surface area (Å²) in [5.74, 6) is -1.43. The van der Waals surface area contributed by atoms with Crippen molar-refractivity contribution in [2.75, 3.05) is 5.33 Å². The van der Waals surface area contributed by atoms with Crippen LogP contribution in [0, 0.1) is 10.1 Å². The number of nitrogens with zero attached hydrogens (tertiary/aromatic N) is 1. The van der Waals surface area contributed by atoms with Crippen molar-refractivity contribution in [3.8, 4) is 5.75 Å². The molecule has 0 saturated heterocycles. The van der Waals surface area contributed by atoms with Crippen molar-refractivity contribution >= 4 is 27.4 Å². The summed E-state index contributed by atoms with van der Waals surface area (Å²) in [6.07, 6.45) is -5.07. The molecule has 0 bridgehead atoms. The lowest BCUT2D eigenvalue weighted by molar-refractivity contribution is -0.385. The average molecular weight is 342 g/mol. The molecule has 0 unspecified atom stereocenters. The Kier molecular flexibility index (Phi) is 4.87. The van der Waals surface area contributed by atoms with Crippen molar-refractivity contribution in [3.63, 3.8) is 0 Å². The minimum Gasteiger partial charge on any atom is -0.405 e. The van der Waals surface area contributed by atoms with Crippen LogP contribution in [0.2, 0.25) is 0 Å². The van der Waals surface area contributed by atoms with E-state index in [4.69, 9.17) is 0 Å². The van der Waals surface area contributed by atoms with Gasteiger partial charge in [-0.05, 0) is 6.07 Å². The molecular formula is C10H7BrF3NO4. The van der Waals surface area contributed by atoms with Gasteiger partial charge in [0.2, 0.25) is 0 Å². The Hall–Kier alpha value is -1.64. The van der Waals surface area contributed by atoms with Gasteiger partial charge < -0.3 is 4.74 Å². The molecule has 0 N–H and O–H groups in total. The maximum Gasteiger partial charge on any atom is 0.573 e. The van der Waals surface area contributed by atoms with E-state index >= 15 is 0 Å². The van der Waals surface area contributed by atoms with Gasteiger partial charge in [-0.25, -0.2) is 0 Å². The van der Waals surface area contributed by atoms with Gasteiger partial charge in [0.05, 0.1) is 10.5 Å². The molecule has 0 aliphatic carbocycles. The van der Waals surface area contributed by atoms with Gasteiger partial charge >= 0.3 is 6.36 Å². The molecule has 1 aromatic carbocycles. The second-order valence-corrected chi connectivity index (χ2v) is 4.14. The van der Waals surface area contributed by atoms with E-state index in [1.807, 2.05) is 0 Å². The Morgan fingerprint density at radius 3 is 2.53 bits per heavy atom. The van der Waals surface area contributed by atoms with Gasteiger partial charge in [-0.2, -0.15) is 0 Å². The zero-order chi connectivity index (χ0) is 14.6. The van der Waals surface area contributed by atoms with E-state index in [1.165, 1.54) is 0 Å². The van der Waals surface area contributed by atoms with E-state index in [2.05, 4.69) is 20.7 Å². The highest BCUT2D eigenvalue weighted by molar-refractivity contribution is 9.09. The van der Waals surface area contributed by atoms with Crippen LogP contribution in [-0.2, 0) is 0 Å². The van der Waals surface area contributed by atoms with Crippen molar-refractivity contribution in [1.29, 1.82) is 0 Å². The number of carbonyl (C=O) groups excluding carboxylic acids is 1. The van der Waals surface area contributed by atoms with Crippen LogP contribution in [0.1, 0.15) is 16.8 Å². The van der Waals surface area contributed by atoms with Crippen LogP contribution in [0.25, 0.3) is 0 Å². The summed E-state index contributed by atoms with van der Waals surface area (Å²) >= 11 is 2.96. The van der Waals surface area contributed by atoms with E-state index in [9.17, 15) is 28.1 Å². The summed E-state index contributed by atoms with van der Waals surface area (Å²) in [5, 5.41) is 10.8. The highest BCUT2D eigenvalue weighted by Crippen LogP contribution is 2.30. The zero-order valence-corrected chi connectivity index (χ0v) is 10.8. The number of Topliss-reactive ketones (excluding diaryl/α,β-unsaturated/α-hetero) is 1. The number of rotatable bonds is 5. The quantitative estimate of drug-likeness (QED) is 0.356. The fourth-order valence-corrected chi connectivity index (χ4v) is 1.64. The number of hydrogen-bond donors (Lipinski definition) is 0. The predicted octanol–water partition coefficient (Wildman–Crippen LogP) is 3.46. The number of carbonyl (C=O) groups is 1. The molecule has 0 heterocycles. The van der Waals surface area contributed by atoms with Crippen LogP contribution in [-0.4, -0.2) is 22.4 Å². The molecule has 1 aromatic rings. The van der Waals surface area contributed by atoms with E-state index < -0.39 is 34.1 Å². The topological polar surface area (TPSA) is 69.4 Å². The molecule has 9 heteroatoms. The molecule has 0 aromatic heterocycles. The molecular weight excluding hydrogens is 335 g/mol. The summed E-state index contributed by atoms with van der Waals surface area (Å²) < 4.78 is 40.1. The van der Waals surface area contributed by atoms with Gasteiger partial charge in [-0.3, -0.25) is 14.9 Å². The minimum absolute atomic E-state index is 0.102. The third kappa shape index (κ3) is 4.51. The molecule has 0 aliphatic rings. The van der Waals surface area contributed by atoms with Gasteiger partial charge in [0, 0.05) is 23.9 Å². The second kappa shape index (κ2) is 6.00. The summed E-state index contributed by atoms with van der Waals surface area (Å²) in [4.78, 5) is 21.4. The fraction of sp³-hybridized carbons (Fsp3) is 0.300. The average Bonchev–Trinajstić information content (AvgIpc) is 2.27. The third-order valence-electron chi connectivity index (χ3n) is 2.02. The number of alkyl halides is 4. The van der Waals surface area contributed by atoms with E-state index in [-0.39, 0.29) is 11.8 Å². The Morgan fingerprint density at radius 2 is 2.05 bits per heavy atom. The van der Waals surface area contributed by atoms with Crippen molar-refractivity contribution in [2.24, 2.45) is 0 Å². The lowest BCUT2D eigenvalue weighted by atomic mass is 10.1. The smallest absolute Gasteiger partial charge is 0.405 e. The first kappa shape index (κ1) is 15.4. The maximum atomic E-state index is 12.2. The first-order valence-corrected chi connectivity index (χ1v) is 6.00. The van der Waals surface area contributed by atoms with Crippen LogP contribution in [0.4, 0.5) is 18.9 Å². The Balaban J connectivity index is 3.22. The zero-order valence-electron chi connectivity index (χ0n) is 9.24. The van der Waals surface area contributed by atoms with Crippen molar-refractivity contribution < 1.29 is 27.6 Å². The minimum atomic E-state index is -4.97. The monoisotopic (exact) mass is 341 g/mol. The molecule has 19 heavy (non-hydrogen) atoms. The van der Waals surface area contributed by atoms with Gasteiger partial charge in [0.15, 0.2) is 5.78 Å². The lowest BCUT2D eigenvalue weighted by Gasteiger charge is -2.12. The normalized spacial score (nSPS) is 11.2. The third-order valence-corrected chi connectivity index (χ3v) is 2.42. The van der Waals surface area contributed by atoms with E-state index in [0.717, 1.165) is 18.2 Å². The molecule has 0 atom stereocenters. The first-order valence-electron chi connectivity index (χ1n) is 4.88. The number of nitro benzene ring substituents is 1. The molecule has 0 amide bonds. The second-order valence-electron chi connectivity index (χ2n) is 3.35. The standard InChI is InChI=1S/C10H7BrF3NO4/c11-4-3-8(16)7-5-6(15(17)18)1-2-9(7)19-10(12,13)14/h1-2,5H,3-4H2. The Morgan fingerprint density at radius 1 is 1.42 bits per heavy atom. The van der Waals surface area contributed by atoms with Crippen molar-refractivity contribution in [3.05, 3.63) is 33.9 Å². The summed E-state index contributed by atoms with van der Waals surface area (Å²) in [6, 6.07) is 2.37. The lowest BCUT2D eigenvalue weighted by Crippen LogP contribution is -2.19. The number of halogens is 4. The Bertz CT molecular complexity index is 504. The SMILES string of the molecule is O=C(CCBr)c1cc([N+](=O)[O-])ccc1OC(F)(F)F. The van der Waals surface area contributed by atoms with Crippen LogP contribution in [0.5, 0.6) is 5.75 Å². The number of hydrogen-bond acceptors (Lipinski definition) is 4. The van der Waals surface area contributed by atoms with Gasteiger partial charge in [-0.15, -0.1) is 13.2 Å². The van der Waals surface area contributed by atoms with E-state index in [0.29, 0.717) is 0 Å². The maximum absolute atomic E-state index is 12.2. The molecule has 0 fully saturated rings. The van der Waals surface area contributed by atoms with Gasteiger partial charge in [0.25, 0.3) is 5.69 Å². The highest BCUT2D eigenvalue weighted by atomic mass is 79.9. The molecule has 0 radical (unpaired) electrons. The van der Waals surface area contributed by atoms with Crippen LogP contribution in [0.3, 0.4) is 0 Å². The van der Waals surface area contributed by atoms with E-state index in [1.54, 1.807) is 0 Å².